The average molecular weight is 261 g/mol. The highest BCUT2D eigenvalue weighted by Gasteiger charge is 2.21. The highest BCUT2D eigenvalue weighted by atomic mass is 16.4. The number of nitrogens with one attached hydrogen (secondary N) is 1. The summed E-state index contributed by atoms with van der Waals surface area (Å²) < 4.78 is 7.50. The van der Waals surface area contributed by atoms with E-state index in [4.69, 9.17) is 4.42 Å². The van der Waals surface area contributed by atoms with Gasteiger partial charge in [0, 0.05) is 39.1 Å². The van der Waals surface area contributed by atoms with E-state index in [1.54, 1.807) is 12.5 Å². The Labute approximate surface area is 112 Å². The van der Waals surface area contributed by atoms with Crippen LogP contribution in [0.1, 0.15) is 24.4 Å². The molecule has 0 radical (unpaired) electrons. The zero-order chi connectivity index (χ0) is 13.2. The molecule has 0 bridgehead atoms. The summed E-state index contributed by atoms with van der Waals surface area (Å²) in [4.78, 5) is 10.7. The summed E-state index contributed by atoms with van der Waals surface area (Å²) in [5, 5.41) is 3.42. The number of imidazole rings is 1. The van der Waals surface area contributed by atoms with Crippen molar-refractivity contribution in [2.24, 2.45) is 7.05 Å². The molecule has 1 aliphatic carbocycles. The van der Waals surface area contributed by atoms with Crippen molar-refractivity contribution in [3.8, 4) is 0 Å². The lowest BCUT2D eigenvalue weighted by Crippen LogP contribution is -2.20. The topological polar surface area (TPSA) is 59.1 Å². The Morgan fingerprint density at radius 1 is 1.53 bits per heavy atom. The molecule has 6 nitrogen and oxygen atoms in total. The average Bonchev–Trinajstić information content (AvgIpc) is 2.96. The molecule has 0 amide bonds. The smallest absolute Gasteiger partial charge is 0.297 e. The zero-order valence-electron chi connectivity index (χ0n) is 11.3. The molecule has 1 fully saturated rings. The van der Waals surface area contributed by atoms with E-state index < -0.39 is 0 Å². The van der Waals surface area contributed by atoms with Crippen molar-refractivity contribution in [1.29, 1.82) is 0 Å². The molecule has 2 aromatic heterocycles. The van der Waals surface area contributed by atoms with Gasteiger partial charge in [-0.2, -0.15) is 4.98 Å². The molecule has 0 spiro atoms. The third kappa shape index (κ3) is 2.96. The number of anilines is 1. The number of hydrogen-bond donors (Lipinski definition) is 1. The fourth-order valence-electron chi connectivity index (χ4n) is 1.92. The number of aryl methyl sites for hydroxylation is 1. The fraction of sp³-hybridized carbons (Fsp3) is 0.538. The highest BCUT2D eigenvalue weighted by molar-refractivity contribution is 5.26. The first-order valence-corrected chi connectivity index (χ1v) is 6.57. The molecule has 6 heteroatoms. The van der Waals surface area contributed by atoms with Crippen LogP contribution >= 0.6 is 0 Å². The quantitative estimate of drug-likeness (QED) is 0.849. The van der Waals surface area contributed by atoms with Crippen LogP contribution in [0.3, 0.4) is 0 Å². The van der Waals surface area contributed by atoms with E-state index in [-0.39, 0.29) is 0 Å². The van der Waals surface area contributed by atoms with Crippen LogP contribution in [-0.2, 0) is 20.1 Å². The summed E-state index contributed by atoms with van der Waals surface area (Å²) in [5.41, 5.74) is 0.952. The first kappa shape index (κ1) is 12.2. The molecule has 3 rings (SSSR count). The minimum absolute atomic E-state index is 0.635. The number of oxazole rings is 1. The molecule has 19 heavy (non-hydrogen) atoms. The summed E-state index contributed by atoms with van der Waals surface area (Å²) in [7, 11) is 3.94. The van der Waals surface area contributed by atoms with Gasteiger partial charge < -0.3 is 19.2 Å². The van der Waals surface area contributed by atoms with Gasteiger partial charge in [0.05, 0.1) is 12.2 Å². The van der Waals surface area contributed by atoms with Gasteiger partial charge in [0.15, 0.2) is 0 Å². The molecule has 2 aromatic rings. The lowest BCUT2D eigenvalue weighted by molar-refractivity contribution is 0.538. The third-order valence-corrected chi connectivity index (χ3v) is 3.31. The van der Waals surface area contributed by atoms with Crippen LogP contribution in [0.25, 0.3) is 0 Å². The van der Waals surface area contributed by atoms with Gasteiger partial charge in [-0.3, -0.25) is 0 Å². The lowest BCUT2D eigenvalue weighted by atomic mass is 10.4. The summed E-state index contributed by atoms with van der Waals surface area (Å²) in [5.74, 6) is 0.985. The van der Waals surface area contributed by atoms with Gasteiger partial charge in [0.2, 0.25) is 0 Å². The van der Waals surface area contributed by atoms with Crippen molar-refractivity contribution >= 4 is 6.01 Å². The van der Waals surface area contributed by atoms with Gasteiger partial charge in [-0.05, 0) is 12.8 Å². The summed E-state index contributed by atoms with van der Waals surface area (Å²) in [6.45, 7) is 1.46. The molecule has 1 N–H and O–H groups in total. The number of rotatable bonds is 6. The van der Waals surface area contributed by atoms with Crippen LogP contribution in [-0.4, -0.2) is 27.6 Å². The number of aromatic nitrogens is 3. The molecule has 0 saturated heterocycles. The van der Waals surface area contributed by atoms with E-state index >= 15 is 0 Å². The SMILES string of the molecule is CN(Cc1nccn1C)c1nc(CNC2CC2)co1. The third-order valence-electron chi connectivity index (χ3n) is 3.31. The maximum atomic E-state index is 5.51. The standard InChI is InChI=1S/C13H19N5O/c1-17-6-5-14-12(17)8-18(2)13-16-11(9-19-13)7-15-10-3-4-10/h5-6,9-10,15H,3-4,7-8H2,1-2H3. The van der Waals surface area contributed by atoms with Crippen molar-refractivity contribution in [3.63, 3.8) is 0 Å². The van der Waals surface area contributed by atoms with Gasteiger partial charge in [-0.15, -0.1) is 0 Å². The lowest BCUT2D eigenvalue weighted by Gasteiger charge is -2.13. The largest absolute Gasteiger partial charge is 0.432 e. The van der Waals surface area contributed by atoms with Crippen molar-refractivity contribution in [3.05, 3.63) is 30.2 Å². The Kier molecular flexibility index (Phi) is 3.25. The first-order valence-electron chi connectivity index (χ1n) is 6.57. The van der Waals surface area contributed by atoms with Crippen molar-refractivity contribution in [1.82, 2.24) is 19.9 Å². The molecular formula is C13H19N5O. The van der Waals surface area contributed by atoms with E-state index in [1.165, 1.54) is 12.8 Å². The normalized spacial score (nSPS) is 14.8. The van der Waals surface area contributed by atoms with Crippen LogP contribution in [0.4, 0.5) is 6.01 Å². The predicted molar refractivity (Wildman–Crippen MR) is 71.7 cm³/mol. The Morgan fingerprint density at radius 2 is 2.37 bits per heavy atom. The van der Waals surface area contributed by atoms with Gasteiger partial charge in [-0.25, -0.2) is 4.98 Å². The maximum Gasteiger partial charge on any atom is 0.297 e. The van der Waals surface area contributed by atoms with E-state index in [0.717, 1.165) is 18.1 Å². The fourth-order valence-corrected chi connectivity index (χ4v) is 1.92. The van der Waals surface area contributed by atoms with Crippen LogP contribution in [0.15, 0.2) is 23.1 Å². The second-order valence-electron chi connectivity index (χ2n) is 5.09. The van der Waals surface area contributed by atoms with Crippen LogP contribution in [0.5, 0.6) is 0 Å². The van der Waals surface area contributed by atoms with E-state index in [2.05, 4.69) is 15.3 Å². The predicted octanol–water partition coefficient (Wildman–Crippen LogP) is 1.30. The van der Waals surface area contributed by atoms with Crippen molar-refractivity contribution in [2.45, 2.75) is 32.0 Å². The Bertz CT molecular complexity index is 543. The number of hydrogen-bond acceptors (Lipinski definition) is 5. The van der Waals surface area contributed by atoms with Crippen molar-refractivity contribution in [2.75, 3.05) is 11.9 Å². The summed E-state index contributed by atoms with van der Waals surface area (Å²) in [6, 6.07) is 1.32. The molecule has 0 aliphatic heterocycles. The highest BCUT2D eigenvalue weighted by Crippen LogP contribution is 2.20. The molecular weight excluding hydrogens is 242 g/mol. The second-order valence-corrected chi connectivity index (χ2v) is 5.09. The molecule has 102 valence electrons. The molecule has 0 atom stereocenters. The Balaban J connectivity index is 1.59. The molecule has 1 aliphatic rings. The van der Waals surface area contributed by atoms with Crippen molar-refractivity contribution < 1.29 is 4.42 Å². The van der Waals surface area contributed by atoms with Gasteiger partial charge >= 0.3 is 0 Å². The number of nitrogens with zero attached hydrogens (tertiary/aromatic N) is 4. The minimum Gasteiger partial charge on any atom is -0.432 e. The molecule has 1 saturated carbocycles. The zero-order valence-corrected chi connectivity index (χ0v) is 11.3. The van der Waals surface area contributed by atoms with Crippen LogP contribution < -0.4 is 10.2 Å². The Morgan fingerprint density at radius 3 is 3.05 bits per heavy atom. The maximum absolute atomic E-state index is 5.51. The van der Waals surface area contributed by atoms with Gasteiger partial charge in [0.25, 0.3) is 6.01 Å². The Hall–Kier alpha value is -1.82. The summed E-state index contributed by atoms with van der Waals surface area (Å²) in [6.07, 6.45) is 8.01. The second kappa shape index (κ2) is 5.05. The molecule has 0 unspecified atom stereocenters. The monoisotopic (exact) mass is 261 g/mol. The van der Waals surface area contributed by atoms with Gasteiger partial charge in [-0.1, -0.05) is 0 Å². The van der Waals surface area contributed by atoms with Gasteiger partial charge in [0.1, 0.15) is 12.1 Å². The van der Waals surface area contributed by atoms with Crippen LogP contribution in [0.2, 0.25) is 0 Å². The van der Waals surface area contributed by atoms with E-state index in [1.807, 2.05) is 29.8 Å². The summed E-state index contributed by atoms with van der Waals surface area (Å²) >= 11 is 0. The van der Waals surface area contributed by atoms with Crippen LogP contribution in [0, 0.1) is 0 Å². The molecule has 2 heterocycles. The first-order chi connectivity index (χ1) is 9.22. The van der Waals surface area contributed by atoms with E-state index in [9.17, 15) is 0 Å². The molecule has 0 aromatic carbocycles. The van der Waals surface area contributed by atoms with E-state index in [0.29, 0.717) is 18.6 Å². The minimum atomic E-state index is 0.635.